The van der Waals surface area contributed by atoms with Crippen molar-refractivity contribution in [2.45, 2.75) is 45.4 Å². The predicted octanol–water partition coefficient (Wildman–Crippen LogP) is 4.79. The molecule has 0 radical (unpaired) electrons. The molecule has 1 aliphatic rings. The van der Waals surface area contributed by atoms with Crippen molar-refractivity contribution in [3.63, 3.8) is 0 Å². The van der Waals surface area contributed by atoms with Crippen molar-refractivity contribution in [2.75, 3.05) is 0 Å². The molecule has 102 valence electrons. The van der Waals surface area contributed by atoms with Gasteiger partial charge in [-0.3, -0.25) is 4.68 Å². The van der Waals surface area contributed by atoms with Crippen LogP contribution in [-0.4, -0.2) is 9.78 Å². The van der Waals surface area contributed by atoms with Crippen LogP contribution in [0.2, 0.25) is 0 Å². The van der Waals surface area contributed by atoms with Crippen molar-refractivity contribution in [1.29, 1.82) is 0 Å². The first kappa shape index (κ1) is 12.9. The Morgan fingerprint density at radius 3 is 2.79 bits per heavy atom. The summed E-state index contributed by atoms with van der Waals surface area (Å²) in [4.78, 5) is 1.35. The summed E-state index contributed by atoms with van der Waals surface area (Å²) in [6.07, 6.45) is 2.58. The Morgan fingerprint density at radius 2 is 2.16 bits per heavy atom. The molecule has 3 rings (SSSR count). The number of hydrogen-bond acceptors (Lipinski definition) is 2. The summed E-state index contributed by atoms with van der Waals surface area (Å²) >= 11 is 1.82. The van der Waals surface area contributed by atoms with Gasteiger partial charge in [0.1, 0.15) is 0 Å². The van der Waals surface area contributed by atoms with Crippen LogP contribution in [0.25, 0.3) is 10.6 Å². The van der Waals surface area contributed by atoms with Crippen LogP contribution in [-0.2, 0) is 7.05 Å². The van der Waals surface area contributed by atoms with Crippen molar-refractivity contribution in [3.05, 3.63) is 28.8 Å². The molecule has 19 heavy (non-hydrogen) atoms. The summed E-state index contributed by atoms with van der Waals surface area (Å²) in [5.41, 5.74) is 4.22. The third-order valence-corrected chi connectivity index (χ3v) is 5.30. The number of thiophene rings is 1. The topological polar surface area (TPSA) is 17.8 Å². The van der Waals surface area contributed by atoms with Crippen molar-refractivity contribution < 1.29 is 0 Å². The maximum absolute atomic E-state index is 4.88. The smallest absolute Gasteiger partial charge is 0.0816 e. The van der Waals surface area contributed by atoms with Gasteiger partial charge in [0, 0.05) is 18.5 Å². The zero-order valence-corrected chi connectivity index (χ0v) is 13.0. The lowest BCUT2D eigenvalue weighted by Crippen LogP contribution is -2.16. The molecule has 0 aromatic carbocycles. The van der Waals surface area contributed by atoms with Crippen molar-refractivity contribution in [1.82, 2.24) is 9.78 Å². The molecule has 0 saturated carbocycles. The van der Waals surface area contributed by atoms with Gasteiger partial charge in [-0.1, -0.05) is 26.8 Å². The second kappa shape index (κ2) is 4.78. The van der Waals surface area contributed by atoms with E-state index < -0.39 is 0 Å². The summed E-state index contributed by atoms with van der Waals surface area (Å²) in [5.74, 6) is 1.94. The second-order valence-electron chi connectivity index (χ2n) is 6.08. The highest BCUT2D eigenvalue weighted by Gasteiger charge is 2.33. The molecular formula is C16H22N2S. The first-order valence-corrected chi connectivity index (χ1v) is 8.08. The van der Waals surface area contributed by atoms with E-state index in [1.807, 2.05) is 11.3 Å². The van der Waals surface area contributed by atoms with E-state index in [4.69, 9.17) is 5.10 Å². The largest absolute Gasteiger partial charge is 0.267 e. The predicted molar refractivity (Wildman–Crippen MR) is 81.7 cm³/mol. The van der Waals surface area contributed by atoms with E-state index in [9.17, 15) is 0 Å². The molecule has 0 amide bonds. The lowest BCUT2D eigenvalue weighted by Gasteiger charge is -2.28. The first-order valence-electron chi connectivity index (χ1n) is 7.20. The Balaban J connectivity index is 2.18. The van der Waals surface area contributed by atoms with Crippen LogP contribution in [0.5, 0.6) is 0 Å². The summed E-state index contributed by atoms with van der Waals surface area (Å²) in [5, 5.41) is 7.04. The highest BCUT2D eigenvalue weighted by atomic mass is 32.1. The quantitative estimate of drug-likeness (QED) is 0.770. The minimum absolute atomic E-state index is 0.631. The third-order valence-electron chi connectivity index (χ3n) is 4.43. The Hall–Kier alpha value is -1.09. The Kier molecular flexibility index (Phi) is 3.25. The van der Waals surface area contributed by atoms with Gasteiger partial charge in [-0.05, 0) is 36.1 Å². The van der Waals surface area contributed by atoms with E-state index in [-0.39, 0.29) is 0 Å². The number of nitrogens with zero attached hydrogens (tertiary/aromatic N) is 2. The lowest BCUT2D eigenvalue weighted by atomic mass is 9.75. The molecule has 3 heteroatoms. The molecule has 0 N–H and O–H groups in total. The van der Waals surface area contributed by atoms with Gasteiger partial charge in [-0.2, -0.15) is 5.10 Å². The molecule has 2 heterocycles. The molecular weight excluding hydrogens is 252 g/mol. The third kappa shape index (κ3) is 2.04. The van der Waals surface area contributed by atoms with Crippen LogP contribution in [0.15, 0.2) is 17.5 Å². The molecule has 1 aliphatic carbocycles. The second-order valence-corrected chi connectivity index (χ2v) is 7.03. The summed E-state index contributed by atoms with van der Waals surface area (Å²) in [6, 6.07) is 4.35. The van der Waals surface area contributed by atoms with E-state index in [2.05, 4.69) is 50.0 Å². The van der Waals surface area contributed by atoms with Gasteiger partial charge < -0.3 is 0 Å². The average molecular weight is 274 g/mol. The van der Waals surface area contributed by atoms with Crippen molar-refractivity contribution in [2.24, 2.45) is 13.0 Å². The van der Waals surface area contributed by atoms with E-state index in [1.54, 1.807) is 0 Å². The molecule has 0 bridgehead atoms. The minimum Gasteiger partial charge on any atom is -0.267 e. The van der Waals surface area contributed by atoms with E-state index in [1.165, 1.54) is 34.7 Å². The monoisotopic (exact) mass is 274 g/mol. The van der Waals surface area contributed by atoms with Gasteiger partial charge in [-0.15, -0.1) is 11.3 Å². The molecule has 0 fully saturated rings. The lowest BCUT2D eigenvalue weighted by molar-refractivity contribution is 0.401. The van der Waals surface area contributed by atoms with Crippen LogP contribution in [0, 0.1) is 5.92 Å². The fourth-order valence-electron chi connectivity index (χ4n) is 3.39. The standard InChI is InChI=1S/C16H22N2S/c1-10(2)12-8-7-11(3)14-15(12)17-18(4)16(14)13-6-5-9-19-13/h5-6,9-12H,7-8H2,1-4H3/t11-,12+/m1/s1. The highest BCUT2D eigenvalue weighted by molar-refractivity contribution is 7.13. The molecule has 0 spiro atoms. The summed E-state index contributed by atoms with van der Waals surface area (Å²) in [6.45, 7) is 7.00. The Labute approximate surface area is 119 Å². The molecule has 2 aromatic heterocycles. The summed E-state index contributed by atoms with van der Waals surface area (Å²) < 4.78 is 2.10. The molecule has 0 saturated heterocycles. The van der Waals surface area contributed by atoms with E-state index in [0.717, 1.165) is 0 Å². The zero-order valence-electron chi connectivity index (χ0n) is 12.2. The number of rotatable bonds is 2. The molecule has 0 aliphatic heterocycles. The van der Waals surface area contributed by atoms with Crippen LogP contribution in [0.4, 0.5) is 0 Å². The first-order chi connectivity index (χ1) is 9.09. The van der Waals surface area contributed by atoms with Gasteiger partial charge in [0.15, 0.2) is 0 Å². The normalized spacial score (nSPS) is 22.8. The Bertz CT molecular complexity index is 566. The minimum atomic E-state index is 0.631. The average Bonchev–Trinajstić information content (AvgIpc) is 2.95. The molecule has 2 atom stereocenters. The molecule has 2 aromatic rings. The fourth-order valence-corrected chi connectivity index (χ4v) is 4.20. The Morgan fingerprint density at radius 1 is 1.37 bits per heavy atom. The number of aromatic nitrogens is 2. The van der Waals surface area contributed by atoms with E-state index in [0.29, 0.717) is 17.8 Å². The van der Waals surface area contributed by atoms with Gasteiger partial charge in [0.25, 0.3) is 0 Å². The number of hydrogen-bond donors (Lipinski definition) is 0. The van der Waals surface area contributed by atoms with Crippen LogP contribution < -0.4 is 0 Å². The molecule has 0 unspecified atom stereocenters. The highest BCUT2D eigenvalue weighted by Crippen LogP contribution is 2.46. The van der Waals surface area contributed by atoms with Crippen molar-refractivity contribution in [3.8, 4) is 10.6 Å². The summed E-state index contributed by atoms with van der Waals surface area (Å²) in [7, 11) is 2.09. The van der Waals surface area contributed by atoms with E-state index >= 15 is 0 Å². The van der Waals surface area contributed by atoms with Crippen LogP contribution >= 0.6 is 11.3 Å². The number of fused-ring (bicyclic) bond motifs is 1. The maximum Gasteiger partial charge on any atom is 0.0816 e. The van der Waals surface area contributed by atoms with Gasteiger partial charge >= 0.3 is 0 Å². The fraction of sp³-hybridized carbons (Fsp3) is 0.562. The van der Waals surface area contributed by atoms with Crippen molar-refractivity contribution >= 4 is 11.3 Å². The number of aryl methyl sites for hydroxylation is 1. The molecule has 2 nitrogen and oxygen atoms in total. The van der Waals surface area contributed by atoms with Gasteiger partial charge in [-0.25, -0.2) is 0 Å². The van der Waals surface area contributed by atoms with Gasteiger partial charge in [0.2, 0.25) is 0 Å². The maximum atomic E-state index is 4.88. The van der Waals surface area contributed by atoms with Crippen LogP contribution in [0.3, 0.4) is 0 Å². The van der Waals surface area contributed by atoms with Crippen LogP contribution in [0.1, 0.15) is 56.7 Å². The zero-order chi connectivity index (χ0) is 13.6. The SMILES string of the molecule is CC(C)[C@@H]1CC[C@@H](C)c2c1nn(C)c2-c1cccs1. The van der Waals surface area contributed by atoms with Gasteiger partial charge in [0.05, 0.1) is 16.3 Å².